The van der Waals surface area contributed by atoms with E-state index in [1.54, 1.807) is 30.5 Å². The lowest BCUT2D eigenvalue weighted by molar-refractivity contribution is 0.408. The Kier molecular flexibility index (Phi) is 2.91. The van der Waals surface area contributed by atoms with Gasteiger partial charge >= 0.3 is 0 Å². The predicted molar refractivity (Wildman–Crippen MR) is 60.1 cm³/mol. The van der Waals surface area contributed by atoms with Gasteiger partial charge in [-0.2, -0.15) is 0 Å². The molecule has 81 valence electrons. The summed E-state index contributed by atoms with van der Waals surface area (Å²) in [6.45, 7) is 0. The highest BCUT2D eigenvalue weighted by molar-refractivity contribution is 5.53. The van der Waals surface area contributed by atoms with Gasteiger partial charge in [0.1, 0.15) is 11.5 Å². The SMILES string of the molecule is COc1cc(Oc2ccccn2)ccc1[NH]. The largest absolute Gasteiger partial charge is 0.494 e. The van der Waals surface area contributed by atoms with Crippen LogP contribution in [0.3, 0.4) is 0 Å². The molecule has 1 aromatic heterocycles. The number of benzene rings is 1. The van der Waals surface area contributed by atoms with E-state index in [9.17, 15) is 0 Å². The molecule has 1 aromatic carbocycles. The maximum atomic E-state index is 7.55. The van der Waals surface area contributed by atoms with E-state index < -0.39 is 0 Å². The smallest absolute Gasteiger partial charge is 0.219 e. The van der Waals surface area contributed by atoms with Crippen molar-refractivity contribution in [3.8, 4) is 17.4 Å². The van der Waals surface area contributed by atoms with Gasteiger partial charge in [0.2, 0.25) is 5.88 Å². The highest BCUT2D eigenvalue weighted by Gasteiger charge is 2.03. The molecule has 0 aliphatic rings. The number of hydrogen-bond donors (Lipinski definition) is 0. The molecule has 0 aliphatic heterocycles. The van der Waals surface area contributed by atoms with Crippen molar-refractivity contribution in [1.82, 2.24) is 10.7 Å². The van der Waals surface area contributed by atoms with Crippen LogP contribution in [0.15, 0.2) is 42.6 Å². The minimum atomic E-state index is 0.330. The lowest BCUT2D eigenvalue weighted by Gasteiger charge is -2.07. The van der Waals surface area contributed by atoms with Crippen LogP contribution in [0.5, 0.6) is 17.4 Å². The third-order valence-electron chi connectivity index (χ3n) is 2.03. The zero-order valence-corrected chi connectivity index (χ0v) is 8.81. The van der Waals surface area contributed by atoms with E-state index in [0.717, 1.165) is 0 Å². The minimum absolute atomic E-state index is 0.330. The number of nitrogens with zero attached hydrogens (tertiary/aromatic N) is 1. The third kappa shape index (κ3) is 2.23. The molecule has 16 heavy (non-hydrogen) atoms. The summed E-state index contributed by atoms with van der Waals surface area (Å²) in [7, 11) is 1.53. The summed E-state index contributed by atoms with van der Waals surface area (Å²) in [5, 5.41) is 0. The summed E-state index contributed by atoms with van der Waals surface area (Å²) in [6.07, 6.45) is 1.66. The molecule has 0 amide bonds. The molecule has 4 heteroatoms. The number of rotatable bonds is 3. The van der Waals surface area contributed by atoms with Crippen LogP contribution in [0.25, 0.3) is 0 Å². The van der Waals surface area contributed by atoms with E-state index >= 15 is 0 Å². The lowest BCUT2D eigenvalue weighted by Crippen LogP contribution is -1.89. The second-order valence-electron chi connectivity index (χ2n) is 3.13. The normalized spacial score (nSPS) is 9.81. The molecule has 4 nitrogen and oxygen atoms in total. The zero-order chi connectivity index (χ0) is 11.4. The van der Waals surface area contributed by atoms with E-state index in [0.29, 0.717) is 23.1 Å². The van der Waals surface area contributed by atoms with E-state index in [1.165, 1.54) is 7.11 Å². The number of ether oxygens (including phenoxy) is 2. The van der Waals surface area contributed by atoms with Crippen LogP contribution in [-0.4, -0.2) is 12.1 Å². The van der Waals surface area contributed by atoms with E-state index in [1.807, 2.05) is 12.1 Å². The van der Waals surface area contributed by atoms with Crippen molar-refractivity contribution in [1.29, 1.82) is 0 Å². The number of methoxy groups -OCH3 is 1. The van der Waals surface area contributed by atoms with Crippen molar-refractivity contribution in [3.63, 3.8) is 0 Å². The van der Waals surface area contributed by atoms with Gasteiger partial charge in [-0.3, -0.25) is 5.73 Å². The van der Waals surface area contributed by atoms with Crippen LogP contribution < -0.4 is 15.2 Å². The fourth-order valence-electron chi connectivity index (χ4n) is 1.26. The third-order valence-corrected chi connectivity index (χ3v) is 2.03. The molecule has 0 atom stereocenters. The highest BCUT2D eigenvalue weighted by atomic mass is 16.5. The molecule has 1 heterocycles. The van der Waals surface area contributed by atoms with E-state index in [-0.39, 0.29) is 0 Å². The van der Waals surface area contributed by atoms with E-state index in [4.69, 9.17) is 15.2 Å². The van der Waals surface area contributed by atoms with Gasteiger partial charge in [0.25, 0.3) is 0 Å². The van der Waals surface area contributed by atoms with Crippen LogP contribution in [0.2, 0.25) is 0 Å². The average Bonchev–Trinajstić information content (AvgIpc) is 2.33. The maximum Gasteiger partial charge on any atom is 0.219 e. The monoisotopic (exact) mass is 215 g/mol. The molecule has 0 saturated carbocycles. The topological polar surface area (TPSA) is 55.2 Å². The fraction of sp³-hybridized carbons (Fsp3) is 0.0833. The van der Waals surface area contributed by atoms with Gasteiger partial charge in [-0.05, 0) is 18.2 Å². The first-order valence-electron chi connectivity index (χ1n) is 4.78. The van der Waals surface area contributed by atoms with Crippen molar-refractivity contribution in [3.05, 3.63) is 42.6 Å². The van der Waals surface area contributed by atoms with Crippen molar-refractivity contribution in [2.75, 3.05) is 7.11 Å². The maximum absolute atomic E-state index is 7.55. The number of aromatic nitrogens is 1. The molecule has 0 spiro atoms. The van der Waals surface area contributed by atoms with Crippen LogP contribution in [0, 0.1) is 0 Å². The van der Waals surface area contributed by atoms with Gasteiger partial charge in [0.05, 0.1) is 12.8 Å². The Morgan fingerprint density at radius 2 is 2.06 bits per heavy atom. The molecule has 2 aromatic rings. The molecular weight excluding hydrogens is 204 g/mol. The van der Waals surface area contributed by atoms with Gasteiger partial charge in [0, 0.05) is 18.3 Å². The highest BCUT2D eigenvalue weighted by Crippen LogP contribution is 2.29. The molecule has 0 saturated heterocycles. The second kappa shape index (κ2) is 4.53. The summed E-state index contributed by atoms with van der Waals surface area (Å²) in [5.41, 5.74) is 7.88. The molecule has 1 N–H and O–H groups in total. The lowest BCUT2D eigenvalue weighted by atomic mass is 10.3. The van der Waals surface area contributed by atoms with Crippen molar-refractivity contribution in [2.24, 2.45) is 0 Å². The quantitative estimate of drug-likeness (QED) is 0.791. The Hall–Kier alpha value is -2.23. The van der Waals surface area contributed by atoms with Crippen molar-refractivity contribution >= 4 is 5.69 Å². The van der Waals surface area contributed by atoms with E-state index in [2.05, 4.69) is 4.98 Å². The molecule has 0 bridgehead atoms. The average molecular weight is 215 g/mol. The molecule has 2 rings (SSSR count). The minimum Gasteiger partial charge on any atom is -0.494 e. The summed E-state index contributed by atoms with van der Waals surface area (Å²) in [5.74, 6) is 1.60. The molecule has 0 aliphatic carbocycles. The molecule has 1 radical (unpaired) electrons. The van der Waals surface area contributed by atoms with Gasteiger partial charge in [0.15, 0.2) is 0 Å². The Balaban J connectivity index is 2.22. The fourth-order valence-corrected chi connectivity index (χ4v) is 1.26. The van der Waals surface area contributed by atoms with Crippen molar-refractivity contribution in [2.45, 2.75) is 0 Å². The number of nitrogens with one attached hydrogen (secondary N) is 1. The van der Waals surface area contributed by atoms with Gasteiger partial charge in [-0.25, -0.2) is 4.98 Å². The first-order chi connectivity index (χ1) is 7.79. The Labute approximate surface area is 93.6 Å². The number of hydrogen-bond acceptors (Lipinski definition) is 3. The molecule has 0 fully saturated rings. The first kappa shape index (κ1) is 10.3. The van der Waals surface area contributed by atoms with Crippen LogP contribution in [0.1, 0.15) is 0 Å². The van der Waals surface area contributed by atoms with Crippen LogP contribution in [0.4, 0.5) is 5.69 Å². The molecule has 0 unspecified atom stereocenters. The van der Waals surface area contributed by atoms with Crippen molar-refractivity contribution < 1.29 is 9.47 Å². The van der Waals surface area contributed by atoms with Gasteiger partial charge < -0.3 is 9.47 Å². The predicted octanol–water partition coefficient (Wildman–Crippen LogP) is 2.80. The Bertz CT molecular complexity index is 472. The summed E-state index contributed by atoms with van der Waals surface area (Å²) >= 11 is 0. The van der Waals surface area contributed by atoms with Crippen LogP contribution >= 0.6 is 0 Å². The van der Waals surface area contributed by atoms with Gasteiger partial charge in [-0.15, -0.1) is 0 Å². The Morgan fingerprint density at radius 1 is 1.19 bits per heavy atom. The summed E-state index contributed by atoms with van der Waals surface area (Å²) in [4.78, 5) is 4.04. The van der Waals surface area contributed by atoms with Crippen LogP contribution in [-0.2, 0) is 0 Å². The Morgan fingerprint density at radius 3 is 2.75 bits per heavy atom. The summed E-state index contributed by atoms with van der Waals surface area (Å²) < 4.78 is 10.5. The number of pyridine rings is 1. The first-order valence-corrected chi connectivity index (χ1v) is 4.78. The second-order valence-corrected chi connectivity index (χ2v) is 3.13. The standard InChI is InChI=1S/C12H11N2O2/c1-15-11-8-9(5-6-10(11)13)16-12-4-2-3-7-14-12/h2-8,13H,1H3. The summed E-state index contributed by atoms with van der Waals surface area (Å²) in [6, 6.07) is 10.4. The zero-order valence-electron chi connectivity index (χ0n) is 8.81. The molecular formula is C12H11N2O2. The van der Waals surface area contributed by atoms with Gasteiger partial charge in [-0.1, -0.05) is 6.07 Å².